The molecule has 0 unspecified atom stereocenters. The van der Waals surface area contributed by atoms with E-state index in [4.69, 9.17) is 4.52 Å². The fourth-order valence-corrected chi connectivity index (χ4v) is 1.75. The van der Waals surface area contributed by atoms with Crippen LogP contribution in [0.25, 0.3) is 0 Å². The van der Waals surface area contributed by atoms with Crippen molar-refractivity contribution < 1.29 is 22.9 Å². The van der Waals surface area contributed by atoms with Crippen molar-refractivity contribution in [1.82, 2.24) is 5.16 Å². The number of nitrogens with one attached hydrogen (secondary N) is 1. The lowest BCUT2D eigenvalue weighted by molar-refractivity contribution is -0.120. The predicted molar refractivity (Wildman–Crippen MR) is 74.3 cm³/mol. The zero-order valence-electron chi connectivity index (χ0n) is 11.9. The zero-order chi connectivity index (χ0) is 16.3. The summed E-state index contributed by atoms with van der Waals surface area (Å²) < 4.78 is 30.7. The summed E-state index contributed by atoms with van der Waals surface area (Å²) in [7, 11) is 0. The lowest BCUT2D eigenvalue weighted by atomic mass is 10.3. The lowest BCUT2D eigenvalue weighted by Gasteiger charge is -2.17. The van der Waals surface area contributed by atoms with Gasteiger partial charge >= 0.3 is 0 Å². The summed E-state index contributed by atoms with van der Waals surface area (Å²) in [5, 5.41) is 6.04. The Bertz CT molecular complexity index is 715. The molecule has 0 aliphatic heterocycles. The van der Waals surface area contributed by atoms with E-state index >= 15 is 0 Å². The zero-order valence-corrected chi connectivity index (χ0v) is 11.9. The van der Waals surface area contributed by atoms with Gasteiger partial charge in [-0.3, -0.25) is 14.5 Å². The van der Waals surface area contributed by atoms with Gasteiger partial charge in [-0.05, 0) is 19.1 Å². The van der Waals surface area contributed by atoms with Gasteiger partial charge in [0.1, 0.15) is 12.3 Å². The first-order chi connectivity index (χ1) is 10.4. The van der Waals surface area contributed by atoms with Gasteiger partial charge in [0.25, 0.3) is 0 Å². The Morgan fingerprint density at radius 1 is 1.27 bits per heavy atom. The third-order valence-corrected chi connectivity index (χ3v) is 2.78. The molecule has 0 fully saturated rings. The average molecular weight is 309 g/mol. The molecule has 116 valence electrons. The van der Waals surface area contributed by atoms with Crippen LogP contribution in [-0.4, -0.2) is 23.5 Å². The Morgan fingerprint density at radius 3 is 2.55 bits per heavy atom. The van der Waals surface area contributed by atoms with E-state index in [0.29, 0.717) is 5.76 Å². The fourth-order valence-electron chi connectivity index (χ4n) is 1.75. The quantitative estimate of drug-likeness (QED) is 0.940. The van der Waals surface area contributed by atoms with Crippen molar-refractivity contribution in [2.75, 3.05) is 16.8 Å². The summed E-state index contributed by atoms with van der Waals surface area (Å²) >= 11 is 0. The minimum atomic E-state index is -1.08. The van der Waals surface area contributed by atoms with Crippen molar-refractivity contribution in [2.45, 2.75) is 13.8 Å². The highest BCUT2D eigenvalue weighted by Gasteiger charge is 2.19. The molecule has 0 saturated heterocycles. The van der Waals surface area contributed by atoms with Gasteiger partial charge in [0.2, 0.25) is 11.8 Å². The van der Waals surface area contributed by atoms with E-state index in [-0.39, 0.29) is 18.1 Å². The van der Waals surface area contributed by atoms with Gasteiger partial charge in [0.05, 0.1) is 0 Å². The number of benzene rings is 1. The van der Waals surface area contributed by atoms with Crippen LogP contribution in [0.1, 0.15) is 12.7 Å². The van der Waals surface area contributed by atoms with E-state index in [0.717, 1.165) is 17.0 Å². The molecule has 0 aliphatic carbocycles. The first-order valence-corrected chi connectivity index (χ1v) is 6.33. The van der Waals surface area contributed by atoms with Gasteiger partial charge in [0.15, 0.2) is 17.5 Å². The first-order valence-electron chi connectivity index (χ1n) is 6.33. The maximum absolute atomic E-state index is 13.1. The van der Waals surface area contributed by atoms with Crippen molar-refractivity contribution in [2.24, 2.45) is 0 Å². The molecule has 0 aliphatic rings. The summed E-state index contributed by atoms with van der Waals surface area (Å²) in [4.78, 5) is 24.6. The number of carbonyl (C=O) groups excluding carboxylic acids is 2. The number of hydrogen-bond acceptors (Lipinski definition) is 4. The molecule has 2 rings (SSSR count). The Hall–Kier alpha value is -2.77. The van der Waals surface area contributed by atoms with Crippen LogP contribution >= 0.6 is 0 Å². The molecule has 2 aromatic rings. The van der Waals surface area contributed by atoms with E-state index in [1.165, 1.54) is 19.1 Å². The summed E-state index contributed by atoms with van der Waals surface area (Å²) in [6.07, 6.45) is 0. The number of anilines is 2. The molecular weight excluding hydrogens is 296 g/mol. The average Bonchev–Trinajstić information content (AvgIpc) is 2.86. The standard InChI is InChI=1S/C14H13F2N3O3/c1-8-5-13(18-22-8)19(9(2)20)7-14(21)17-10-3-4-11(15)12(16)6-10/h3-6H,7H2,1-2H3,(H,17,21). The first kappa shape index (κ1) is 15.6. The van der Waals surface area contributed by atoms with E-state index in [9.17, 15) is 18.4 Å². The van der Waals surface area contributed by atoms with Gasteiger partial charge in [-0.1, -0.05) is 5.16 Å². The lowest BCUT2D eigenvalue weighted by Crippen LogP contribution is -2.36. The smallest absolute Gasteiger partial charge is 0.244 e. The van der Waals surface area contributed by atoms with E-state index < -0.39 is 23.4 Å². The Balaban J connectivity index is 2.08. The van der Waals surface area contributed by atoms with Crippen molar-refractivity contribution in [3.8, 4) is 0 Å². The van der Waals surface area contributed by atoms with Crippen LogP contribution in [0.5, 0.6) is 0 Å². The van der Waals surface area contributed by atoms with Crippen LogP contribution in [0.4, 0.5) is 20.3 Å². The second kappa shape index (κ2) is 6.33. The number of amides is 2. The molecule has 1 heterocycles. The maximum atomic E-state index is 13.1. The molecule has 0 atom stereocenters. The highest BCUT2D eigenvalue weighted by molar-refractivity contribution is 6.01. The molecule has 0 spiro atoms. The Morgan fingerprint density at radius 2 is 2.00 bits per heavy atom. The minimum absolute atomic E-state index is 0.0868. The van der Waals surface area contributed by atoms with Crippen molar-refractivity contribution in [1.29, 1.82) is 0 Å². The molecule has 6 nitrogen and oxygen atoms in total. The van der Waals surface area contributed by atoms with Crippen molar-refractivity contribution >= 4 is 23.3 Å². The second-order valence-electron chi connectivity index (χ2n) is 4.58. The van der Waals surface area contributed by atoms with Crippen LogP contribution in [0, 0.1) is 18.6 Å². The number of aryl methyl sites for hydroxylation is 1. The molecule has 8 heteroatoms. The highest BCUT2D eigenvalue weighted by atomic mass is 19.2. The number of nitrogens with zero attached hydrogens (tertiary/aromatic N) is 2. The third-order valence-electron chi connectivity index (χ3n) is 2.78. The van der Waals surface area contributed by atoms with Crippen LogP contribution in [-0.2, 0) is 9.59 Å². The third kappa shape index (κ3) is 3.66. The van der Waals surface area contributed by atoms with Gasteiger partial charge in [-0.25, -0.2) is 8.78 Å². The molecule has 1 aromatic carbocycles. The molecule has 0 radical (unpaired) electrons. The Labute approximate surface area is 124 Å². The van der Waals surface area contributed by atoms with E-state index in [2.05, 4.69) is 10.5 Å². The number of hydrogen-bond donors (Lipinski definition) is 1. The minimum Gasteiger partial charge on any atom is -0.360 e. The number of rotatable bonds is 4. The fraction of sp³-hybridized carbons (Fsp3) is 0.214. The summed E-state index contributed by atoms with van der Waals surface area (Å²) in [5.74, 6) is -2.39. The summed E-state index contributed by atoms with van der Waals surface area (Å²) in [5.41, 5.74) is 0.0868. The SMILES string of the molecule is CC(=O)N(CC(=O)Nc1ccc(F)c(F)c1)c1cc(C)on1. The molecule has 2 amide bonds. The van der Waals surface area contributed by atoms with Gasteiger partial charge in [-0.15, -0.1) is 0 Å². The molecule has 0 bridgehead atoms. The molecule has 0 saturated carbocycles. The van der Waals surface area contributed by atoms with Gasteiger partial charge < -0.3 is 9.84 Å². The van der Waals surface area contributed by atoms with Crippen molar-refractivity contribution in [3.63, 3.8) is 0 Å². The summed E-state index contributed by atoms with van der Waals surface area (Å²) in [6.45, 7) is 2.59. The predicted octanol–water partition coefficient (Wildman–Crippen LogP) is 2.25. The number of carbonyl (C=O) groups is 2. The van der Waals surface area contributed by atoms with Gasteiger partial charge in [-0.2, -0.15) is 0 Å². The summed E-state index contributed by atoms with van der Waals surface area (Å²) in [6, 6.07) is 4.47. The van der Waals surface area contributed by atoms with Gasteiger partial charge in [0, 0.05) is 24.7 Å². The number of aromatic nitrogens is 1. The van der Waals surface area contributed by atoms with E-state index in [1.54, 1.807) is 6.92 Å². The molecule has 1 aromatic heterocycles. The Kier molecular flexibility index (Phi) is 4.50. The molecule has 1 N–H and O–H groups in total. The number of halogens is 2. The van der Waals surface area contributed by atoms with Crippen LogP contribution in [0.15, 0.2) is 28.8 Å². The van der Waals surface area contributed by atoms with Crippen LogP contribution < -0.4 is 10.2 Å². The molecular formula is C14H13F2N3O3. The van der Waals surface area contributed by atoms with Crippen molar-refractivity contribution in [3.05, 3.63) is 41.7 Å². The van der Waals surface area contributed by atoms with Crippen LogP contribution in [0.3, 0.4) is 0 Å². The largest absolute Gasteiger partial charge is 0.360 e. The van der Waals surface area contributed by atoms with Crippen LogP contribution in [0.2, 0.25) is 0 Å². The topological polar surface area (TPSA) is 75.4 Å². The van der Waals surface area contributed by atoms with E-state index in [1.807, 2.05) is 0 Å². The monoisotopic (exact) mass is 309 g/mol. The highest BCUT2D eigenvalue weighted by Crippen LogP contribution is 2.16. The maximum Gasteiger partial charge on any atom is 0.244 e. The molecule has 22 heavy (non-hydrogen) atoms. The normalized spacial score (nSPS) is 10.4. The second-order valence-corrected chi connectivity index (χ2v) is 4.58.